The van der Waals surface area contributed by atoms with Crippen LogP contribution in [0.3, 0.4) is 0 Å². The van der Waals surface area contributed by atoms with Crippen LogP contribution in [0.25, 0.3) is 76.9 Å². The van der Waals surface area contributed by atoms with Gasteiger partial charge in [0, 0.05) is 11.1 Å². The Balaban J connectivity index is 1.26. The van der Waals surface area contributed by atoms with Gasteiger partial charge in [-0.1, -0.05) is 84.9 Å². The summed E-state index contributed by atoms with van der Waals surface area (Å²) < 4.78 is 28.9. The van der Waals surface area contributed by atoms with Crippen molar-refractivity contribution in [2.75, 3.05) is 4.90 Å². The molecule has 0 aliphatic heterocycles. The molecule has 7 aromatic carbocycles. The second-order valence-electron chi connectivity index (χ2n) is 11.5. The van der Waals surface area contributed by atoms with E-state index < -0.39 is 0 Å². The lowest BCUT2D eigenvalue weighted by Gasteiger charge is -2.26. The fourth-order valence-electron chi connectivity index (χ4n) is 6.79. The number of fused-ring (bicyclic) bond motifs is 5. The van der Waals surface area contributed by atoms with Crippen LogP contribution in [0.15, 0.2) is 127 Å². The fraction of sp³-hybridized carbons (Fsp3) is 0. The molecule has 10 heteroatoms. The quantitative estimate of drug-likeness (QED) is 0.168. The maximum Gasteiger partial charge on any atom is 0.129 e. The molecule has 0 spiro atoms. The summed E-state index contributed by atoms with van der Waals surface area (Å²) in [7, 11) is 0. The van der Waals surface area contributed by atoms with E-state index in [1.807, 2.05) is 30.3 Å². The summed E-state index contributed by atoms with van der Waals surface area (Å²) in [5, 5.41) is 4.74. The molecule has 0 N–H and O–H groups in total. The predicted molar refractivity (Wildman–Crippen MR) is 200 cm³/mol. The molecule has 0 radical (unpaired) electrons. The van der Waals surface area contributed by atoms with E-state index in [-0.39, 0.29) is 0 Å². The van der Waals surface area contributed by atoms with Gasteiger partial charge in [-0.15, -0.1) is 0 Å². The lowest BCUT2D eigenvalue weighted by molar-refractivity contribution is 1.31. The second kappa shape index (κ2) is 11.0. The monoisotopic (exact) mass is 671 g/mol. The first-order valence-corrected chi connectivity index (χ1v) is 17.5. The highest BCUT2D eigenvalue weighted by atomic mass is 32.1. The Labute approximate surface area is 286 Å². The number of aromatic nitrogens is 6. The van der Waals surface area contributed by atoms with Crippen molar-refractivity contribution in [3.05, 3.63) is 127 Å². The minimum atomic E-state index is 0.804. The zero-order chi connectivity index (χ0) is 31.6. The first kappa shape index (κ1) is 27.4. The summed E-state index contributed by atoms with van der Waals surface area (Å²) in [4.78, 5) is 2.21. The van der Waals surface area contributed by atoms with Gasteiger partial charge in [0.15, 0.2) is 0 Å². The number of rotatable bonds is 5. The zero-order valence-corrected chi connectivity index (χ0v) is 27.4. The van der Waals surface area contributed by atoms with Gasteiger partial charge in [-0.25, -0.2) is 0 Å². The van der Waals surface area contributed by atoms with E-state index >= 15 is 0 Å². The van der Waals surface area contributed by atoms with Crippen molar-refractivity contribution in [3.8, 4) is 22.3 Å². The summed E-state index contributed by atoms with van der Waals surface area (Å²) in [5.74, 6) is 0. The predicted octanol–water partition coefficient (Wildman–Crippen LogP) is 10.8. The van der Waals surface area contributed by atoms with Gasteiger partial charge in [-0.2, -0.15) is 26.2 Å². The van der Waals surface area contributed by atoms with Crippen LogP contribution in [0.1, 0.15) is 0 Å². The first-order chi connectivity index (χ1) is 23.8. The maximum atomic E-state index is 4.96. The molecule has 0 aliphatic carbocycles. The molecule has 0 fully saturated rings. The Bertz CT molecular complexity index is 2770. The van der Waals surface area contributed by atoms with Gasteiger partial charge in [0.05, 0.1) is 52.2 Å². The minimum absolute atomic E-state index is 0.804. The number of nitrogens with zero attached hydrogens (tertiary/aromatic N) is 7. The van der Waals surface area contributed by atoms with Crippen molar-refractivity contribution in [2.24, 2.45) is 0 Å². The highest BCUT2D eigenvalue weighted by Crippen LogP contribution is 2.47. The van der Waals surface area contributed by atoms with E-state index in [2.05, 4.69) is 106 Å². The fourth-order valence-corrected chi connectivity index (χ4v) is 8.47. The summed E-state index contributed by atoms with van der Waals surface area (Å²) in [5.41, 5.74) is 11.9. The molecule has 10 aromatic rings. The highest BCUT2D eigenvalue weighted by molar-refractivity contribution is 7.00. The standard InChI is InChI=1S/C38H21N7S3/c1-2-9-22(10-3-1)27-17-19-31(37-34(27)40-47-43-37)45(30-16-8-15-29-36(30)42-46-39-29)32-20-18-28(35-38(32)44-48-41-35)33-25-13-6-4-11-23(25)21-24-12-5-7-14-26(24)33/h1-21H. The molecule has 0 bridgehead atoms. The Morgan fingerprint density at radius 1 is 0.396 bits per heavy atom. The topological polar surface area (TPSA) is 80.6 Å². The van der Waals surface area contributed by atoms with Crippen molar-refractivity contribution in [3.63, 3.8) is 0 Å². The lowest BCUT2D eigenvalue weighted by Crippen LogP contribution is -2.12. The number of hydrogen-bond donors (Lipinski definition) is 0. The van der Waals surface area contributed by atoms with Gasteiger partial charge < -0.3 is 4.90 Å². The van der Waals surface area contributed by atoms with E-state index in [0.29, 0.717) is 0 Å². The van der Waals surface area contributed by atoms with Gasteiger partial charge in [0.25, 0.3) is 0 Å². The largest absolute Gasteiger partial charge is 0.304 e. The maximum absolute atomic E-state index is 4.96. The zero-order valence-electron chi connectivity index (χ0n) is 25.0. The van der Waals surface area contributed by atoms with Crippen LogP contribution in [0, 0.1) is 0 Å². The van der Waals surface area contributed by atoms with E-state index in [1.54, 1.807) is 0 Å². The van der Waals surface area contributed by atoms with Crippen LogP contribution in [-0.2, 0) is 0 Å². The number of benzene rings is 7. The lowest BCUT2D eigenvalue weighted by atomic mass is 9.91. The van der Waals surface area contributed by atoms with Crippen LogP contribution in [-0.4, -0.2) is 26.2 Å². The molecule has 0 aliphatic rings. The molecule has 48 heavy (non-hydrogen) atoms. The molecule has 3 aromatic heterocycles. The number of hydrogen-bond acceptors (Lipinski definition) is 10. The van der Waals surface area contributed by atoms with Crippen molar-refractivity contribution in [2.45, 2.75) is 0 Å². The summed E-state index contributed by atoms with van der Waals surface area (Å²) >= 11 is 3.65. The molecule has 226 valence electrons. The molecular formula is C38H21N7S3. The summed E-state index contributed by atoms with van der Waals surface area (Å²) in [6.07, 6.45) is 0. The smallest absolute Gasteiger partial charge is 0.129 e. The SMILES string of the molecule is c1ccc(-c2ccc(N(c3cccc4nsnc34)c3ccc(-c4c5ccccc5cc5ccccc45)c4nsnc34)c3nsnc23)cc1. The average Bonchev–Trinajstić information content (AvgIpc) is 3.93. The van der Waals surface area contributed by atoms with E-state index in [0.717, 1.165) is 72.4 Å². The Kier molecular flexibility index (Phi) is 6.26. The summed E-state index contributed by atoms with van der Waals surface area (Å²) in [6, 6.07) is 44.4. The average molecular weight is 672 g/mol. The van der Waals surface area contributed by atoms with E-state index in [1.165, 1.54) is 56.7 Å². The molecule has 0 saturated heterocycles. The Morgan fingerprint density at radius 2 is 0.938 bits per heavy atom. The van der Waals surface area contributed by atoms with Crippen LogP contribution >= 0.6 is 35.2 Å². The molecule has 0 amide bonds. The molecule has 0 atom stereocenters. The second-order valence-corrected chi connectivity index (χ2v) is 13.1. The third-order valence-corrected chi connectivity index (χ3v) is 10.5. The molecule has 0 saturated carbocycles. The molecule has 3 heterocycles. The normalized spacial score (nSPS) is 11.8. The van der Waals surface area contributed by atoms with Crippen LogP contribution in [0.2, 0.25) is 0 Å². The minimum Gasteiger partial charge on any atom is -0.304 e. The van der Waals surface area contributed by atoms with E-state index in [4.69, 9.17) is 21.9 Å². The number of anilines is 3. The third-order valence-electron chi connectivity index (χ3n) is 8.90. The molecular weight excluding hydrogens is 651 g/mol. The van der Waals surface area contributed by atoms with Gasteiger partial charge in [-0.3, -0.25) is 0 Å². The van der Waals surface area contributed by atoms with Crippen molar-refractivity contribution in [1.29, 1.82) is 0 Å². The van der Waals surface area contributed by atoms with Gasteiger partial charge in [-0.05, 0) is 75.1 Å². The third kappa shape index (κ3) is 4.17. The van der Waals surface area contributed by atoms with Crippen molar-refractivity contribution in [1.82, 2.24) is 26.2 Å². The molecule has 10 rings (SSSR count). The Morgan fingerprint density at radius 3 is 1.65 bits per heavy atom. The highest BCUT2D eigenvalue weighted by Gasteiger charge is 2.26. The van der Waals surface area contributed by atoms with E-state index in [9.17, 15) is 0 Å². The van der Waals surface area contributed by atoms with Crippen LogP contribution in [0.4, 0.5) is 17.1 Å². The summed E-state index contributed by atoms with van der Waals surface area (Å²) in [6.45, 7) is 0. The van der Waals surface area contributed by atoms with Gasteiger partial charge >= 0.3 is 0 Å². The van der Waals surface area contributed by atoms with Gasteiger partial charge in [0.1, 0.15) is 33.1 Å². The van der Waals surface area contributed by atoms with Crippen molar-refractivity contribution >= 4 is 107 Å². The van der Waals surface area contributed by atoms with Crippen LogP contribution < -0.4 is 4.90 Å². The first-order valence-electron chi connectivity index (χ1n) is 15.3. The van der Waals surface area contributed by atoms with Crippen LogP contribution in [0.5, 0.6) is 0 Å². The molecule has 7 nitrogen and oxygen atoms in total. The molecule has 0 unspecified atom stereocenters. The Hall–Kier alpha value is -5.68. The van der Waals surface area contributed by atoms with Gasteiger partial charge in [0.2, 0.25) is 0 Å². The van der Waals surface area contributed by atoms with Crippen molar-refractivity contribution < 1.29 is 0 Å².